The van der Waals surface area contributed by atoms with Gasteiger partial charge < -0.3 is 19.8 Å². The maximum absolute atomic E-state index is 10.5. The van der Waals surface area contributed by atoms with Gasteiger partial charge >= 0.3 is 0 Å². The first kappa shape index (κ1) is 12.5. The van der Waals surface area contributed by atoms with Gasteiger partial charge in [0, 0.05) is 17.0 Å². The van der Waals surface area contributed by atoms with Crippen LogP contribution in [0.2, 0.25) is 5.02 Å². The van der Waals surface area contributed by atoms with Crippen LogP contribution in [-0.4, -0.2) is 11.9 Å². The van der Waals surface area contributed by atoms with Crippen molar-refractivity contribution < 1.29 is 19.8 Å². The van der Waals surface area contributed by atoms with Crippen LogP contribution in [0.4, 0.5) is 0 Å². The first-order valence-corrected chi connectivity index (χ1v) is 5.02. The van der Waals surface area contributed by atoms with Crippen LogP contribution < -0.4 is 10.2 Å². The molecule has 5 heteroatoms. The molecule has 0 N–H and O–H groups in total. The number of aliphatic carboxylic acids is 2. The summed E-state index contributed by atoms with van der Waals surface area (Å²) >= 11 is 5.67. The summed E-state index contributed by atoms with van der Waals surface area (Å²) in [5, 5.41) is 21.5. The number of carboxylic acids is 2. The Balaban J connectivity index is 2.86. The Morgan fingerprint density at radius 2 is 1.50 bits per heavy atom. The molecule has 0 aromatic heterocycles. The van der Waals surface area contributed by atoms with Crippen LogP contribution in [0.1, 0.15) is 24.3 Å². The SMILES string of the molecule is O=C([O-])CC(CC(=O)[O-])c1ccc(Cl)cc1. The maximum atomic E-state index is 10.5. The van der Waals surface area contributed by atoms with Gasteiger partial charge in [-0.25, -0.2) is 0 Å². The Bertz CT molecular complexity index is 369. The van der Waals surface area contributed by atoms with Crippen molar-refractivity contribution in [2.75, 3.05) is 0 Å². The molecule has 0 heterocycles. The lowest BCUT2D eigenvalue weighted by molar-refractivity contribution is -0.308. The standard InChI is InChI=1S/C11H11ClO4/c12-9-3-1-7(2-4-9)8(5-10(13)14)6-11(15)16/h1-4,8H,5-6H2,(H,13,14)(H,15,16)/p-2. The molecule has 0 aliphatic carbocycles. The maximum Gasteiger partial charge on any atom is 0.0420 e. The van der Waals surface area contributed by atoms with Gasteiger partial charge in [-0.15, -0.1) is 0 Å². The molecule has 0 saturated heterocycles. The zero-order valence-electron chi connectivity index (χ0n) is 8.31. The lowest BCUT2D eigenvalue weighted by atomic mass is 9.93. The van der Waals surface area contributed by atoms with E-state index >= 15 is 0 Å². The Morgan fingerprint density at radius 3 is 1.88 bits per heavy atom. The molecule has 16 heavy (non-hydrogen) atoms. The van der Waals surface area contributed by atoms with Gasteiger partial charge in [0.15, 0.2) is 0 Å². The highest BCUT2D eigenvalue weighted by molar-refractivity contribution is 6.30. The fourth-order valence-electron chi connectivity index (χ4n) is 1.45. The van der Waals surface area contributed by atoms with Gasteiger partial charge in [-0.1, -0.05) is 23.7 Å². The third kappa shape index (κ3) is 3.90. The molecule has 1 aromatic rings. The van der Waals surface area contributed by atoms with E-state index in [9.17, 15) is 19.8 Å². The number of halogens is 1. The largest absolute Gasteiger partial charge is 0.550 e. The third-order valence-corrected chi connectivity index (χ3v) is 2.42. The third-order valence-electron chi connectivity index (χ3n) is 2.17. The molecule has 0 amide bonds. The molecule has 0 bridgehead atoms. The van der Waals surface area contributed by atoms with E-state index in [-0.39, 0.29) is 12.8 Å². The van der Waals surface area contributed by atoms with Crippen LogP contribution in [-0.2, 0) is 9.59 Å². The topological polar surface area (TPSA) is 80.3 Å². The van der Waals surface area contributed by atoms with Crippen molar-refractivity contribution in [3.8, 4) is 0 Å². The molecule has 0 aliphatic heterocycles. The smallest absolute Gasteiger partial charge is 0.0420 e. The number of carbonyl (C=O) groups excluding carboxylic acids is 2. The summed E-state index contributed by atoms with van der Waals surface area (Å²) in [5.74, 6) is -3.23. The van der Waals surface area contributed by atoms with E-state index in [1.807, 2.05) is 0 Å². The van der Waals surface area contributed by atoms with Crippen molar-refractivity contribution in [2.24, 2.45) is 0 Å². The van der Waals surface area contributed by atoms with Crippen LogP contribution in [0.5, 0.6) is 0 Å². The Morgan fingerprint density at radius 1 is 1.06 bits per heavy atom. The first-order valence-electron chi connectivity index (χ1n) is 4.64. The quantitative estimate of drug-likeness (QED) is 0.708. The van der Waals surface area contributed by atoms with Gasteiger partial charge in [0.05, 0.1) is 0 Å². The van der Waals surface area contributed by atoms with Gasteiger partial charge in [-0.05, 0) is 36.5 Å². The lowest BCUT2D eigenvalue weighted by Gasteiger charge is -2.18. The molecule has 0 unspecified atom stereocenters. The summed E-state index contributed by atoms with van der Waals surface area (Å²) in [6, 6.07) is 6.35. The van der Waals surface area contributed by atoms with Crippen LogP contribution >= 0.6 is 11.6 Å². The van der Waals surface area contributed by atoms with Crippen molar-refractivity contribution in [3.63, 3.8) is 0 Å². The van der Waals surface area contributed by atoms with E-state index in [2.05, 4.69) is 0 Å². The molecule has 4 nitrogen and oxygen atoms in total. The number of rotatable bonds is 5. The average Bonchev–Trinajstić information content (AvgIpc) is 2.16. The molecule has 0 spiro atoms. The number of carboxylic acid groups (broad SMARTS) is 2. The van der Waals surface area contributed by atoms with Crippen molar-refractivity contribution >= 4 is 23.5 Å². The highest BCUT2D eigenvalue weighted by atomic mass is 35.5. The fraction of sp³-hybridized carbons (Fsp3) is 0.273. The second-order valence-electron chi connectivity index (χ2n) is 3.40. The molecular weight excluding hydrogens is 232 g/mol. The van der Waals surface area contributed by atoms with Gasteiger partial charge in [0.2, 0.25) is 0 Å². The van der Waals surface area contributed by atoms with E-state index in [1.165, 1.54) is 0 Å². The minimum Gasteiger partial charge on any atom is -0.550 e. The summed E-state index contributed by atoms with van der Waals surface area (Å²) in [6.07, 6.45) is -0.703. The lowest BCUT2D eigenvalue weighted by Crippen LogP contribution is -2.29. The summed E-state index contributed by atoms with van der Waals surface area (Å²) in [5.41, 5.74) is 0.595. The van der Waals surface area contributed by atoms with Gasteiger partial charge in [-0.2, -0.15) is 0 Å². The second kappa shape index (κ2) is 5.51. The van der Waals surface area contributed by atoms with Gasteiger partial charge in [0.25, 0.3) is 0 Å². The highest BCUT2D eigenvalue weighted by Gasteiger charge is 2.12. The molecule has 86 valence electrons. The van der Waals surface area contributed by atoms with E-state index in [0.717, 1.165) is 0 Å². The predicted molar refractivity (Wildman–Crippen MR) is 53.4 cm³/mol. The van der Waals surface area contributed by atoms with E-state index in [4.69, 9.17) is 11.6 Å². The van der Waals surface area contributed by atoms with Crippen molar-refractivity contribution in [2.45, 2.75) is 18.8 Å². The summed E-state index contributed by atoms with van der Waals surface area (Å²) in [6.45, 7) is 0. The first-order chi connectivity index (χ1) is 7.49. The molecule has 0 radical (unpaired) electrons. The molecule has 0 atom stereocenters. The van der Waals surface area contributed by atoms with Crippen LogP contribution in [0.3, 0.4) is 0 Å². The molecule has 1 rings (SSSR count). The molecule has 0 fully saturated rings. The van der Waals surface area contributed by atoms with Crippen LogP contribution in [0.25, 0.3) is 0 Å². The molecular formula is C11H9ClO4-2. The average molecular weight is 241 g/mol. The van der Waals surface area contributed by atoms with Gasteiger partial charge in [-0.3, -0.25) is 0 Å². The van der Waals surface area contributed by atoms with Crippen molar-refractivity contribution in [1.29, 1.82) is 0 Å². The normalized spacial score (nSPS) is 10.4. The monoisotopic (exact) mass is 240 g/mol. The fourth-order valence-corrected chi connectivity index (χ4v) is 1.57. The summed E-state index contributed by atoms with van der Waals surface area (Å²) in [4.78, 5) is 21.0. The minimum absolute atomic E-state index is 0.352. The zero-order chi connectivity index (χ0) is 12.1. The Kier molecular flexibility index (Phi) is 4.31. The van der Waals surface area contributed by atoms with Crippen molar-refractivity contribution in [3.05, 3.63) is 34.9 Å². The van der Waals surface area contributed by atoms with Crippen molar-refractivity contribution in [1.82, 2.24) is 0 Å². The van der Waals surface area contributed by atoms with Gasteiger partial charge in [0.1, 0.15) is 0 Å². The molecule has 1 aromatic carbocycles. The predicted octanol–water partition coefficient (Wildman–Crippen LogP) is -0.296. The minimum atomic E-state index is -1.29. The van der Waals surface area contributed by atoms with Crippen LogP contribution in [0, 0.1) is 0 Å². The Hall–Kier alpha value is -1.55. The number of hydrogen-bond donors (Lipinski definition) is 0. The second-order valence-corrected chi connectivity index (χ2v) is 3.84. The van der Waals surface area contributed by atoms with E-state index < -0.39 is 17.9 Å². The Labute approximate surface area is 97.5 Å². The summed E-state index contributed by atoms with van der Waals surface area (Å²) in [7, 11) is 0. The molecule has 0 aliphatic rings. The highest BCUT2D eigenvalue weighted by Crippen LogP contribution is 2.24. The number of hydrogen-bond acceptors (Lipinski definition) is 4. The van der Waals surface area contributed by atoms with E-state index in [0.29, 0.717) is 10.6 Å². The van der Waals surface area contributed by atoms with E-state index in [1.54, 1.807) is 24.3 Å². The van der Waals surface area contributed by atoms with Crippen LogP contribution in [0.15, 0.2) is 24.3 Å². The summed E-state index contributed by atoms with van der Waals surface area (Å²) < 4.78 is 0. The number of carbonyl (C=O) groups is 2. The molecule has 0 saturated carbocycles. The zero-order valence-corrected chi connectivity index (χ0v) is 9.07. The number of benzene rings is 1.